The molecule has 0 atom stereocenters. The summed E-state index contributed by atoms with van der Waals surface area (Å²) < 4.78 is 14.7. The van der Waals surface area contributed by atoms with Crippen molar-refractivity contribution in [2.75, 3.05) is 36.4 Å². The molecule has 1 aliphatic heterocycles. The van der Waals surface area contributed by atoms with Crippen molar-refractivity contribution in [1.82, 2.24) is 9.88 Å². The molecule has 0 spiro atoms. The maximum absolute atomic E-state index is 13.8. The van der Waals surface area contributed by atoms with E-state index in [0.717, 1.165) is 9.83 Å². The molecule has 0 radical (unpaired) electrons. The van der Waals surface area contributed by atoms with Crippen LogP contribution in [0.15, 0.2) is 42.5 Å². The molecule has 1 saturated heterocycles. The molecule has 134 valence electrons. The van der Waals surface area contributed by atoms with E-state index >= 15 is 0 Å². The van der Waals surface area contributed by atoms with Crippen LogP contribution >= 0.6 is 22.9 Å². The predicted octanol–water partition coefficient (Wildman–Crippen LogP) is 4.44. The number of nitrogens with one attached hydrogen (secondary N) is 1. The number of anilines is 2. The number of carbonyl (C=O) groups excluding carboxylic acids is 1. The first-order valence-electron chi connectivity index (χ1n) is 8.22. The van der Waals surface area contributed by atoms with Crippen LogP contribution in [-0.4, -0.2) is 42.1 Å². The molecule has 4 rings (SSSR count). The Bertz CT molecular complexity index is 955. The molecule has 1 aliphatic rings. The molecule has 0 aliphatic carbocycles. The number of fused-ring (bicyclic) bond motifs is 1. The van der Waals surface area contributed by atoms with Gasteiger partial charge in [0.1, 0.15) is 11.3 Å². The maximum Gasteiger partial charge on any atom is 0.321 e. The first kappa shape index (κ1) is 17.1. The summed E-state index contributed by atoms with van der Waals surface area (Å²) in [6.07, 6.45) is 0. The molecular formula is C18H16ClFN4OS. The number of para-hydroxylation sites is 1. The first-order valence-corrected chi connectivity index (χ1v) is 9.41. The lowest BCUT2D eigenvalue weighted by Crippen LogP contribution is -2.50. The molecule has 0 bridgehead atoms. The van der Waals surface area contributed by atoms with Gasteiger partial charge in [-0.25, -0.2) is 14.2 Å². The van der Waals surface area contributed by atoms with Crippen molar-refractivity contribution < 1.29 is 9.18 Å². The lowest BCUT2D eigenvalue weighted by molar-refractivity contribution is 0.208. The van der Waals surface area contributed by atoms with E-state index in [2.05, 4.69) is 15.2 Å². The van der Waals surface area contributed by atoms with Gasteiger partial charge in [-0.05, 0) is 30.3 Å². The number of benzene rings is 2. The molecule has 2 aromatic carbocycles. The number of carbonyl (C=O) groups is 1. The molecule has 5 nitrogen and oxygen atoms in total. The standard InChI is InChI=1S/C18H16ClFN4OS/c19-12-3-1-4-13(11-12)21-17(25)23-7-9-24(10-8-23)18-22-16-14(20)5-2-6-15(16)26-18/h1-6,11H,7-10H2,(H,21,25). The zero-order valence-electron chi connectivity index (χ0n) is 13.8. The van der Waals surface area contributed by atoms with Crippen molar-refractivity contribution >= 4 is 50.0 Å². The lowest BCUT2D eigenvalue weighted by atomic mass is 10.3. The summed E-state index contributed by atoms with van der Waals surface area (Å²) in [6.45, 7) is 2.46. The number of amides is 2. The molecule has 0 saturated carbocycles. The van der Waals surface area contributed by atoms with E-state index in [4.69, 9.17) is 11.6 Å². The second kappa shape index (κ2) is 7.09. The van der Waals surface area contributed by atoms with Crippen LogP contribution in [0.1, 0.15) is 0 Å². The molecule has 0 unspecified atom stereocenters. The highest BCUT2D eigenvalue weighted by Crippen LogP contribution is 2.30. The molecule has 1 N–H and O–H groups in total. The number of piperazine rings is 1. The van der Waals surface area contributed by atoms with Gasteiger partial charge in [-0.1, -0.05) is 35.1 Å². The minimum Gasteiger partial charge on any atom is -0.345 e. The van der Waals surface area contributed by atoms with Crippen LogP contribution < -0.4 is 10.2 Å². The Morgan fingerprint density at radius 1 is 1.15 bits per heavy atom. The van der Waals surface area contributed by atoms with Gasteiger partial charge in [0.2, 0.25) is 0 Å². The number of hydrogen-bond donors (Lipinski definition) is 1. The third-order valence-electron chi connectivity index (χ3n) is 4.27. The van der Waals surface area contributed by atoms with Gasteiger partial charge in [0.15, 0.2) is 5.13 Å². The number of urea groups is 1. The number of thiazole rings is 1. The van der Waals surface area contributed by atoms with Crippen molar-refractivity contribution in [3.63, 3.8) is 0 Å². The van der Waals surface area contributed by atoms with Gasteiger partial charge >= 0.3 is 6.03 Å². The first-order chi connectivity index (χ1) is 12.6. The van der Waals surface area contributed by atoms with E-state index in [-0.39, 0.29) is 11.8 Å². The summed E-state index contributed by atoms with van der Waals surface area (Å²) in [5, 5.41) is 4.23. The summed E-state index contributed by atoms with van der Waals surface area (Å²) in [5.74, 6) is -0.301. The number of nitrogens with zero attached hydrogens (tertiary/aromatic N) is 3. The zero-order valence-corrected chi connectivity index (χ0v) is 15.4. The Labute approximate surface area is 159 Å². The van der Waals surface area contributed by atoms with E-state index in [0.29, 0.717) is 42.4 Å². The molecule has 3 aromatic rings. The van der Waals surface area contributed by atoms with Gasteiger partial charge in [0.05, 0.1) is 4.70 Å². The fourth-order valence-corrected chi connectivity index (χ4v) is 4.13. The van der Waals surface area contributed by atoms with E-state index in [1.54, 1.807) is 35.2 Å². The highest BCUT2D eigenvalue weighted by molar-refractivity contribution is 7.22. The number of aromatic nitrogens is 1. The van der Waals surface area contributed by atoms with Crippen LogP contribution in [0.4, 0.5) is 20.0 Å². The Kier molecular flexibility index (Phi) is 4.65. The lowest BCUT2D eigenvalue weighted by Gasteiger charge is -2.34. The van der Waals surface area contributed by atoms with Crippen LogP contribution in [0.3, 0.4) is 0 Å². The van der Waals surface area contributed by atoms with Crippen molar-refractivity contribution in [2.24, 2.45) is 0 Å². The number of rotatable bonds is 2. The average molecular weight is 391 g/mol. The fraction of sp³-hybridized carbons (Fsp3) is 0.222. The van der Waals surface area contributed by atoms with Crippen molar-refractivity contribution in [3.05, 3.63) is 53.3 Å². The summed E-state index contributed by atoms with van der Waals surface area (Å²) in [7, 11) is 0. The van der Waals surface area contributed by atoms with Crippen molar-refractivity contribution in [3.8, 4) is 0 Å². The highest BCUT2D eigenvalue weighted by Gasteiger charge is 2.23. The van der Waals surface area contributed by atoms with E-state index in [1.165, 1.54) is 17.4 Å². The van der Waals surface area contributed by atoms with Crippen LogP contribution in [-0.2, 0) is 0 Å². The zero-order chi connectivity index (χ0) is 18.1. The largest absolute Gasteiger partial charge is 0.345 e. The Morgan fingerprint density at radius 2 is 1.92 bits per heavy atom. The van der Waals surface area contributed by atoms with E-state index < -0.39 is 0 Å². The van der Waals surface area contributed by atoms with Gasteiger partial charge in [0.25, 0.3) is 0 Å². The Balaban J connectivity index is 1.40. The second-order valence-electron chi connectivity index (χ2n) is 6.00. The summed E-state index contributed by atoms with van der Waals surface area (Å²) in [4.78, 5) is 20.7. The molecule has 1 fully saturated rings. The predicted molar refractivity (Wildman–Crippen MR) is 104 cm³/mol. The smallest absolute Gasteiger partial charge is 0.321 e. The topological polar surface area (TPSA) is 48.5 Å². The van der Waals surface area contributed by atoms with Crippen LogP contribution in [0.25, 0.3) is 10.2 Å². The Hall–Kier alpha value is -2.38. The molecule has 2 heterocycles. The Morgan fingerprint density at radius 3 is 2.65 bits per heavy atom. The van der Waals surface area contributed by atoms with Crippen LogP contribution in [0.2, 0.25) is 5.02 Å². The van der Waals surface area contributed by atoms with Crippen LogP contribution in [0.5, 0.6) is 0 Å². The fourth-order valence-electron chi connectivity index (χ4n) is 2.91. The third kappa shape index (κ3) is 3.45. The van der Waals surface area contributed by atoms with Crippen molar-refractivity contribution in [1.29, 1.82) is 0 Å². The van der Waals surface area contributed by atoms with Gasteiger partial charge < -0.3 is 15.1 Å². The molecule has 26 heavy (non-hydrogen) atoms. The summed E-state index contributed by atoms with van der Waals surface area (Å²) in [5.41, 5.74) is 1.08. The highest BCUT2D eigenvalue weighted by atomic mass is 35.5. The molecule has 2 amide bonds. The number of halogens is 2. The molecule has 1 aromatic heterocycles. The van der Waals surface area contributed by atoms with E-state index in [1.807, 2.05) is 6.07 Å². The van der Waals surface area contributed by atoms with E-state index in [9.17, 15) is 9.18 Å². The summed E-state index contributed by atoms with van der Waals surface area (Å²) in [6, 6.07) is 11.9. The quantitative estimate of drug-likeness (QED) is 0.703. The number of hydrogen-bond acceptors (Lipinski definition) is 4. The third-order valence-corrected chi connectivity index (χ3v) is 5.59. The van der Waals surface area contributed by atoms with Gasteiger partial charge in [-0.15, -0.1) is 0 Å². The molecule has 8 heteroatoms. The van der Waals surface area contributed by atoms with Gasteiger partial charge in [0, 0.05) is 36.9 Å². The normalized spacial score (nSPS) is 14.7. The summed E-state index contributed by atoms with van der Waals surface area (Å²) >= 11 is 7.41. The SMILES string of the molecule is O=C(Nc1cccc(Cl)c1)N1CCN(c2nc3c(F)cccc3s2)CC1. The maximum atomic E-state index is 13.8. The average Bonchev–Trinajstić information content (AvgIpc) is 3.08. The minimum absolute atomic E-state index is 0.151. The van der Waals surface area contributed by atoms with Crippen molar-refractivity contribution in [2.45, 2.75) is 0 Å². The van der Waals surface area contributed by atoms with Gasteiger partial charge in [-0.3, -0.25) is 0 Å². The second-order valence-corrected chi connectivity index (χ2v) is 7.44. The van der Waals surface area contributed by atoms with Gasteiger partial charge in [-0.2, -0.15) is 0 Å². The van der Waals surface area contributed by atoms with Crippen LogP contribution in [0, 0.1) is 5.82 Å². The monoisotopic (exact) mass is 390 g/mol. The minimum atomic E-state index is -0.301. The molecular weight excluding hydrogens is 375 g/mol.